The van der Waals surface area contributed by atoms with E-state index < -0.39 is 40.0 Å². The van der Waals surface area contributed by atoms with Crippen molar-refractivity contribution in [2.45, 2.75) is 77.7 Å². The van der Waals surface area contributed by atoms with Crippen LogP contribution in [0.2, 0.25) is 0 Å². The maximum Gasteiger partial charge on any atom is 0.325 e. The lowest BCUT2D eigenvalue weighted by Crippen LogP contribution is -2.47. The summed E-state index contributed by atoms with van der Waals surface area (Å²) in [5.41, 5.74) is 0.792. The summed E-state index contributed by atoms with van der Waals surface area (Å²) in [6.45, 7) is 11.2. The van der Waals surface area contributed by atoms with Gasteiger partial charge in [-0.2, -0.15) is 4.31 Å². The molecule has 9 nitrogen and oxygen atoms in total. The molecule has 10 heteroatoms. The van der Waals surface area contributed by atoms with Gasteiger partial charge in [0.05, 0.1) is 4.90 Å². The smallest absolute Gasteiger partial charge is 0.324 e. The minimum atomic E-state index is -3.71. The number of urea groups is 1. The van der Waals surface area contributed by atoms with E-state index in [9.17, 15) is 22.8 Å². The van der Waals surface area contributed by atoms with E-state index in [1.807, 2.05) is 13.8 Å². The van der Waals surface area contributed by atoms with Crippen LogP contribution < -0.4 is 10.6 Å². The van der Waals surface area contributed by atoms with E-state index in [-0.39, 0.29) is 4.90 Å². The summed E-state index contributed by atoms with van der Waals surface area (Å²) in [5.74, 6) is -0.959. The van der Waals surface area contributed by atoms with Gasteiger partial charge in [-0.05, 0) is 49.9 Å². The van der Waals surface area contributed by atoms with Gasteiger partial charge in [0.25, 0.3) is 5.91 Å². The van der Waals surface area contributed by atoms with E-state index in [1.54, 1.807) is 33.8 Å². The lowest BCUT2D eigenvalue weighted by atomic mass is 9.88. The fraction of sp³-hybridized carbons (Fsp3) is 0.609. The number of imide groups is 1. The van der Waals surface area contributed by atoms with Crippen LogP contribution in [0.25, 0.3) is 0 Å². The van der Waals surface area contributed by atoms with Crippen molar-refractivity contribution < 1.29 is 22.8 Å². The molecule has 0 bridgehead atoms. The van der Waals surface area contributed by atoms with Gasteiger partial charge in [-0.25, -0.2) is 13.2 Å². The number of carbonyl (C=O) groups is 3. The molecular formula is C23H36N4O5S. The summed E-state index contributed by atoms with van der Waals surface area (Å²) < 4.78 is 27.3. The van der Waals surface area contributed by atoms with Gasteiger partial charge < -0.3 is 10.6 Å². The van der Waals surface area contributed by atoms with Crippen LogP contribution in [0.1, 0.15) is 64.5 Å². The average molecular weight is 481 g/mol. The molecule has 0 unspecified atom stereocenters. The Hall–Kier alpha value is -2.46. The number of nitrogens with zero attached hydrogens (tertiary/aromatic N) is 2. The Labute approximate surface area is 196 Å². The number of hydrogen-bond acceptors (Lipinski definition) is 5. The number of benzene rings is 1. The molecule has 0 spiro atoms. The average Bonchev–Trinajstić information content (AvgIpc) is 2.96. The molecule has 0 aromatic heterocycles. The maximum atomic E-state index is 13.0. The van der Waals surface area contributed by atoms with Crippen molar-refractivity contribution >= 4 is 33.6 Å². The molecule has 0 radical (unpaired) electrons. The Kier molecular flexibility index (Phi) is 8.64. The summed E-state index contributed by atoms with van der Waals surface area (Å²) >= 11 is 0. The van der Waals surface area contributed by atoms with E-state index in [1.165, 1.54) is 10.4 Å². The lowest BCUT2D eigenvalue weighted by molar-refractivity contribution is -0.134. The van der Waals surface area contributed by atoms with Crippen molar-refractivity contribution in [3.05, 3.63) is 23.3 Å². The summed E-state index contributed by atoms with van der Waals surface area (Å²) in [4.78, 5) is 39.4. The molecule has 1 fully saturated rings. The van der Waals surface area contributed by atoms with Crippen molar-refractivity contribution in [2.24, 2.45) is 0 Å². The highest BCUT2D eigenvalue weighted by molar-refractivity contribution is 7.89. The quantitative estimate of drug-likeness (QED) is 0.472. The van der Waals surface area contributed by atoms with Crippen LogP contribution >= 0.6 is 0 Å². The van der Waals surface area contributed by atoms with Crippen molar-refractivity contribution in [2.75, 3.05) is 25.0 Å². The SMILES string of the molecule is CCCC1(CCC)NC(=O)N(CC(=O)Nc2cc(S(=O)(=O)N(CC)CC)cc(C)c2C)C1=O. The number of carbonyl (C=O) groups excluding carboxylic acids is 3. The van der Waals surface area contributed by atoms with Crippen LogP contribution in [0.3, 0.4) is 0 Å². The van der Waals surface area contributed by atoms with Gasteiger partial charge in [0, 0.05) is 18.8 Å². The number of rotatable bonds is 11. The molecule has 1 heterocycles. The van der Waals surface area contributed by atoms with Crippen LogP contribution in [-0.4, -0.2) is 60.6 Å². The number of sulfonamides is 1. The first kappa shape index (κ1) is 26.8. The molecular weight excluding hydrogens is 444 g/mol. The Balaban J connectivity index is 2.28. The highest BCUT2D eigenvalue weighted by Gasteiger charge is 2.50. The van der Waals surface area contributed by atoms with E-state index in [0.29, 0.717) is 42.7 Å². The second kappa shape index (κ2) is 10.6. The molecule has 1 aliphatic heterocycles. The number of aryl methyl sites for hydroxylation is 1. The zero-order valence-corrected chi connectivity index (χ0v) is 21.3. The van der Waals surface area contributed by atoms with Crippen LogP contribution in [0.5, 0.6) is 0 Å². The Morgan fingerprint density at radius 3 is 2.15 bits per heavy atom. The molecule has 0 aliphatic carbocycles. The topological polar surface area (TPSA) is 116 Å². The monoisotopic (exact) mass is 480 g/mol. The predicted molar refractivity (Wildman–Crippen MR) is 127 cm³/mol. The zero-order chi connectivity index (χ0) is 25.0. The second-order valence-corrected chi connectivity index (χ2v) is 10.4. The standard InChI is InChI=1S/C23H36N4O5S/c1-7-11-23(12-8-2)21(29)27(22(30)25-23)15-20(28)24-19-14-18(13-16(5)17(19)6)33(31,32)26(9-3)10-4/h13-14H,7-12,15H2,1-6H3,(H,24,28)(H,25,30). The fourth-order valence-corrected chi connectivity index (χ4v) is 5.86. The second-order valence-electron chi connectivity index (χ2n) is 8.45. The third kappa shape index (κ3) is 5.38. The van der Waals surface area contributed by atoms with Crippen molar-refractivity contribution in [1.82, 2.24) is 14.5 Å². The molecule has 1 aromatic carbocycles. The van der Waals surface area contributed by atoms with Crippen LogP contribution in [0.4, 0.5) is 10.5 Å². The number of anilines is 1. The van der Waals surface area contributed by atoms with Crippen molar-refractivity contribution in [3.8, 4) is 0 Å². The zero-order valence-electron chi connectivity index (χ0n) is 20.4. The molecule has 0 atom stereocenters. The summed E-state index contributed by atoms with van der Waals surface area (Å²) in [5, 5.41) is 5.49. The largest absolute Gasteiger partial charge is 0.325 e. The number of nitrogens with one attached hydrogen (secondary N) is 2. The third-order valence-corrected chi connectivity index (χ3v) is 8.19. The highest BCUT2D eigenvalue weighted by Crippen LogP contribution is 2.29. The predicted octanol–water partition coefficient (Wildman–Crippen LogP) is 3.16. The highest BCUT2D eigenvalue weighted by atomic mass is 32.2. The molecule has 1 saturated heterocycles. The summed E-state index contributed by atoms with van der Waals surface area (Å²) in [7, 11) is -3.71. The minimum absolute atomic E-state index is 0.0875. The lowest BCUT2D eigenvalue weighted by Gasteiger charge is -2.25. The first-order valence-electron chi connectivity index (χ1n) is 11.5. The van der Waals surface area contributed by atoms with Gasteiger partial charge in [0.1, 0.15) is 12.1 Å². The fourth-order valence-electron chi connectivity index (χ4n) is 4.29. The molecule has 184 valence electrons. The van der Waals surface area contributed by atoms with Crippen LogP contribution in [0, 0.1) is 13.8 Å². The van der Waals surface area contributed by atoms with E-state index >= 15 is 0 Å². The summed E-state index contributed by atoms with van der Waals surface area (Å²) in [6.07, 6.45) is 2.46. The first-order valence-corrected chi connectivity index (χ1v) is 13.0. The van der Waals surface area contributed by atoms with Gasteiger partial charge >= 0.3 is 6.03 Å². The van der Waals surface area contributed by atoms with Crippen molar-refractivity contribution in [3.63, 3.8) is 0 Å². The third-order valence-electron chi connectivity index (χ3n) is 6.16. The van der Waals surface area contributed by atoms with Gasteiger partial charge in [-0.1, -0.05) is 40.5 Å². The molecule has 1 aliphatic rings. The first-order chi connectivity index (χ1) is 15.5. The molecule has 2 N–H and O–H groups in total. The number of hydrogen-bond donors (Lipinski definition) is 2. The van der Waals surface area contributed by atoms with Gasteiger partial charge in [-0.15, -0.1) is 0 Å². The Morgan fingerprint density at radius 1 is 1.06 bits per heavy atom. The van der Waals surface area contributed by atoms with Gasteiger partial charge in [-0.3, -0.25) is 14.5 Å². The van der Waals surface area contributed by atoms with E-state index in [0.717, 1.165) is 17.7 Å². The van der Waals surface area contributed by atoms with Crippen LogP contribution in [-0.2, 0) is 19.6 Å². The summed E-state index contributed by atoms with van der Waals surface area (Å²) in [6, 6.07) is 2.43. The minimum Gasteiger partial charge on any atom is -0.324 e. The molecule has 4 amide bonds. The Bertz CT molecular complexity index is 1010. The number of amides is 4. The molecule has 2 rings (SSSR count). The van der Waals surface area contributed by atoms with Crippen molar-refractivity contribution in [1.29, 1.82) is 0 Å². The van der Waals surface area contributed by atoms with Gasteiger partial charge in [0.15, 0.2) is 0 Å². The Morgan fingerprint density at radius 2 is 1.64 bits per heavy atom. The molecule has 0 saturated carbocycles. The normalized spacial score (nSPS) is 15.8. The van der Waals surface area contributed by atoms with E-state index in [2.05, 4.69) is 10.6 Å². The molecule has 33 heavy (non-hydrogen) atoms. The maximum absolute atomic E-state index is 13.0. The van der Waals surface area contributed by atoms with E-state index in [4.69, 9.17) is 0 Å². The molecule has 1 aromatic rings. The van der Waals surface area contributed by atoms with Gasteiger partial charge in [0.2, 0.25) is 15.9 Å². The van der Waals surface area contributed by atoms with Crippen LogP contribution in [0.15, 0.2) is 17.0 Å².